The summed E-state index contributed by atoms with van der Waals surface area (Å²) < 4.78 is 1.83. The van der Waals surface area contributed by atoms with E-state index >= 15 is 0 Å². The Labute approximate surface area is 152 Å². The molecule has 0 aliphatic carbocycles. The molecule has 1 N–H and O–H groups in total. The Kier molecular flexibility index (Phi) is 4.31. The van der Waals surface area contributed by atoms with E-state index < -0.39 is 5.60 Å². The monoisotopic (exact) mass is 347 g/mol. The van der Waals surface area contributed by atoms with E-state index in [1.165, 1.54) is 0 Å². The number of hydrogen-bond donors (Lipinski definition) is 1. The van der Waals surface area contributed by atoms with Gasteiger partial charge in [0.1, 0.15) is 5.60 Å². The number of carbonyl (C=O) groups excluding carboxylic acids is 1. The summed E-state index contributed by atoms with van der Waals surface area (Å²) in [6.07, 6.45) is 4.19. The van der Waals surface area contributed by atoms with E-state index in [1.54, 1.807) is 11.1 Å². The first-order valence-electron chi connectivity index (χ1n) is 8.78. The first-order chi connectivity index (χ1) is 12.6. The molecule has 0 radical (unpaired) electrons. The number of carbonyl (C=O) groups is 1. The Hall–Kier alpha value is -2.92. The Morgan fingerprint density at radius 2 is 1.96 bits per heavy atom. The molecule has 4 rings (SSSR count). The van der Waals surface area contributed by atoms with Crippen LogP contribution in [0, 0.1) is 0 Å². The van der Waals surface area contributed by atoms with Crippen molar-refractivity contribution in [2.24, 2.45) is 0 Å². The van der Waals surface area contributed by atoms with Gasteiger partial charge in [0.2, 0.25) is 0 Å². The van der Waals surface area contributed by atoms with Crippen LogP contribution in [-0.4, -0.2) is 38.8 Å². The number of likely N-dealkylation sites (tertiary alicyclic amines) is 1. The van der Waals surface area contributed by atoms with E-state index in [0.29, 0.717) is 31.6 Å². The lowest BCUT2D eigenvalue weighted by molar-refractivity contribution is 0.0417. The molecular weight excluding hydrogens is 326 g/mol. The standard InChI is InChI=1S/C21H21N3O2/c25-20(18-7-4-6-17(14-18)15-24-12-5-11-22-24)23-13-10-21(26,16-23)19-8-2-1-3-9-19/h1-9,11-12,14,26H,10,13,15-16H2. The number of amides is 1. The zero-order chi connectivity index (χ0) is 18.0. The molecule has 2 aromatic carbocycles. The largest absolute Gasteiger partial charge is 0.383 e. The number of rotatable bonds is 4. The smallest absolute Gasteiger partial charge is 0.253 e. The van der Waals surface area contributed by atoms with E-state index in [9.17, 15) is 9.90 Å². The second-order valence-electron chi connectivity index (χ2n) is 6.78. The van der Waals surface area contributed by atoms with Crippen LogP contribution in [0.1, 0.15) is 27.9 Å². The summed E-state index contributed by atoms with van der Waals surface area (Å²) in [6, 6.07) is 19.1. The lowest BCUT2D eigenvalue weighted by atomic mass is 9.93. The lowest BCUT2D eigenvalue weighted by Gasteiger charge is -2.24. The minimum absolute atomic E-state index is 0.0424. The highest BCUT2D eigenvalue weighted by Gasteiger charge is 2.39. The highest BCUT2D eigenvalue weighted by molar-refractivity contribution is 5.94. The molecule has 1 aliphatic heterocycles. The van der Waals surface area contributed by atoms with Crippen LogP contribution < -0.4 is 0 Å². The third-order valence-electron chi connectivity index (χ3n) is 4.92. The van der Waals surface area contributed by atoms with Crippen molar-refractivity contribution < 1.29 is 9.90 Å². The van der Waals surface area contributed by atoms with Crippen molar-refractivity contribution in [3.63, 3.8) is 0 Å². The SMILES string of the molecule is O=C(c1cccc(Cn2cccn2)c1)N1CCC(O)(c2ccccc2)C1. The first-order valence-corrected chi connectivity index (χ1v) is 8.78. The van der Waals surface area contributed by atoms with Gasteiger partial charge in [0.05, 0.1) is 13.1 Å². The molecule has 0 saturated carbocycles. The second kappa shape index (κ2) is 6.77. The quantitative estimate of drug-likeness (QED) is 0.789. The van der Waals surface area contributed by atoms with Gasteiger partial charge < -0.3 is 10.0 Å². The molecule has 1 aliphatic rings. The van der Waals surface area contributed by atoms with Gasteiger partial charge in [-0.2, -0.15) is 5.10 Å². The fourth-order valence-electron chi connectivity index (χ4n) is 3.52. The number of aromatic nitrogens is 2. The summed E-state index contributed by atoms with van der Waals surface area (Å²) in [6.45, 7) is 1.49. The summed E-state index contributed by atoms with van der Waals surface area (Å²) in [5.41, 5.74) is 1.57. The van der Waals surface area contributed by atoms with Gasteiger partial charge in [-0.05, 0) is 35.7 Å². The number of β-amino-alcohol motifs (C(OH)–C–C–N with tert-alkyl or cyclic N) is 1. The van der Waals surface area contributed by atoms with Gasteiger partial charge in [-0.25, -0.2) is 0 Å². The molecule has 0 spiro atoms. The molecule has 1 saturated heterocycles. The van der Waals surface area contributed by atoms with Crippen LogP contribution in [0.4, 0.5) is 0 Å². The molecule has 5 nitrogen and oxygen atoms in total. The minimum atomic E-state index is -0.969. The highest BCUT2D eigenvalue weighted by Crippen LogP contribution is 2.32. The van der Waals surface area contributed by atoms with E-state index in [1.807, 2.05) is 71.5 Å². The normalized spacial score (nSPS) is 19.7. The summed E-state index contributed by atoms with van der Waals surface area (Å²) in [7, 11) is 0. The van der Waals surface area contributed by atoms with Crippen LogP contribution in [0.15, 0.2) is 73.1 Å². The molecule has 1 amide bonds. The van der Waals surface area contributed by atoms with Crippen LogP contribution in [0.3, 0.4) is 0 Å². The van der Waals surface area contributed by atoms with Crippen molar-refractivity contribution in [2.45, 2.75) is 18.6 Å². The number of benzene rings is 2. The van der Waals surface area contributed by atoms with Crippen LogP contribution in [0.2, 0.25) is 0 Å². The summed E-state index contributed by atoms with van der Waals surface area (Å²) in [5.74, 6) is -0.0424. The fraction of sp³-hybridized carbons (Fsp3) is 0.238. The zero-order valence-electron chi connectivity index (χ0n) is 14.5. The fourth-order valence-corrected chi connectivity index (χ4v) is 3.52. The maximum Gasteiger partial charge on any atom is 0.253 e. The van der Waals surface area contributed by atoms with Crippen molar-refractivity contribution in [2.75, 3.05) is 13.1 Å². The molecule has 1 fully saturated rings. The zero-order valence-corrected chi connectivity index (χ0v) is 14.5. The molecule has 5 heteroatoms. The number of nitrogens with zero attached hydrogens (tertiary/aromatic N) is 3. The van der Waals surface area contributed by atoms with Crippen LogP contribution in [0.5, 0.6) is 0 Å². The summed E-state index contributed by atoms with van der Waals surface area (Å²) in [4.78, 5) is 14.6. The van der Waals surface area contributed by atoms with Gasteiger partial charge in [-0.1, -0.05) is 42.5 Å². The highest BCUT2D eigenvalue weighted by atomic mass is 16.3. The lowest BCUT2D eigenvalue weighted by Crippen LogP contribution is -2.34. The average molecular weight is 347 g/mol. The van der Waals surface area contributed by atoms with Crippen molar-refractivity contribution in [1.29, 1.82) is 0 Å². The molecule has 26 heavy (non-hydrogen) atoms. The third-order valence-corrected chi connectivity index (χ3v) is 4.92. The maximum absolute atomic E-state index is 12.9. The van der Waals surface area contributed by atoms with E-state index in [2.05, 4.69) is 5.10 Å². The number of hydrogen-bond acceptors (Lipinski definition) is 3. The molecule has 2 heterocycles. The third kappa shape index (κ3) is 3.26. The van der Waals surface area contributed by atoms with Crippen molar-refractivity contribution in [3.8, 4) is 0 Å². The van der Waals surface area contributed by atoms with Gasteiger partial charge >= 0.3 is 0 Å². The molecule has 3 aromatic rings. The van der Waals surface area contributed by atoms with E-state index in [4.69, 9.17) is 0 Å². The van der Waals surface area contributed by atoms with Gasteiger partial charge in [0, 0.05) is 24.5 Å². The summed E-state index contributed by atoms with van der Waals surface area (Å²) >= 11 is 0. The summed E-state index contributed by atoms with van der Waals surface area (Å²) in [5, 5.41) is 15.2. The Morgan fingerprint density at radius 3 is 2.73 bits per heavy atom. The van der Waals surface area contributed by atoms with Crippen LogP contribution in [-0.2, 0) is 12.1 Å². The van der Waals surface area contributed by atoms with Crippen molar-refractivity contribution >= 4 is 5.91 Å². The first kappa shape index (κ1) is 16.5. The van der Waals surface area contributed by atoms with Gasteiger partial charge in [0.25, 0.3) is 5.91 Å². The average Bonchev–Trinajstić information content (AvgIpc) is 3.33. The number of aliphatic hydroxyl groups is 1. The van der Waals surface area contributed by atoms with Gasteiger partial charge in [0.15, 0.2) is 0 Å². The van der Waals surface area contributed by atoms with Crippen LogP contribution >= 0.6 is 0 Å². The molecule has 0 bridgehead atoms. The molecule has 1 unspecified atom stereocenters. The predicted octanol–water partition coefficient (Wildman–Crippen LogP) is 2.67. The minimum Gasteiger partial charge on any atom is -0.383 e. The molecular formula is C21H21N3O2. The Balaban J connectivity index is 1.50. The topological polar surface area (TPSA) is 58.4 Å². The van der Waals surface area contributed by atoms with E-state index in [-0.39, 0.29) is 5.91 Å². The molecule has 1 aromatic heterocycles. The Bertz CT molecular complexity index is 893. The molecule has 1 atom stereocenters. The molecule has 132 valence electrons. The second-order valence-corrected chi connectivity index (χ2v) is 6.78. The van der Waals surface area contributed by atoms with Crippen molar-refractivity contribution in [1.82, 2.24) is 14.7 Å². The van der Waals surface area contributed by atoms with E-state index in [0.717, 1.165) is 11.1 Å². The van der Waals surface area contributed by atoms with Crippen LogP contribution in [0.25, 0.3) is 0 Å². The predicted molar refractivity (Wildman–Crippen MR) is 98.6 cm³/mol. The Morgan fingerprint density at radius 1 is 1.12 bits per heavy atom. The van der Waals surface area contributed by atoms with Gasteiger partial charge in [-0.3, -0.25) is 9.48 Å². The van der Waals surface area contributed by atoms with Crippen molar-refractivity contribution in [3.05, 3.63) is 89.7 Å². The van der Waals surface area contributed by atoms with Gasteiger partial charge in [-0.15, -0.1) is 0 Å². The maximum atomic E-state index is 12.9.